The molecule has 0 aromatic carbocycles. The molecule has 0 fully saturated rings. The Morgan fingerprint density at radius 2 is 2.25 bits per heavy atom. The topological polar surface area (TPSA) is 106 Å². The van der Waals surface area contributed by atoms with Crippen LogP contribution in [0.4, 0.5) is 5.82 Å². The van der Waals surface area contributed by atoms with Crippen molar-refractivity contribution >= 4 is 35.5 Å². The number of nitrogens with two attached hydrogens (primary N) is 1. The summed E-state index contributed by atoms with van der Waals surface area (Å²) in [6.45, 7) is 4.02. The molecule has 0 atom stereocenters. The number of amides is 1. The molecule has 7 nitrogen and oxygen atoms in total. The van der Waals surface area contributed by atoms with E-state index in [4.69, 9.17) is 5.73 Å². The predicted octanol–water partition coefficient (Wildman–Crippen LogP) is 0.963. The quantitative estimate of drug-likeness (QED) is 0.685. The van der Waals surface area contributed by atoms with Crippen LogP contribution in [0.5, 0.6) is 0 Å². The third kappa shape index (κ3) is 4.19. The third-order valence-corrected chi connectivity index (χ3v) is 3.59. The number of nitrogens with zero attached hydrogens (tertiary/aromatic N) is 2. The molecule has 110 valence electrons. The number of aromatic nitrogens is 2. The Labute approximate surface area is 126 Å². The summed E-state index contributed by atoms with van der Waals surface area (Å²) in [5, 5.41) is 14.8. The molecule has 4 N–H and O–H groups in total. The van der Waals surface area contributed by atoms with E-state index in [0.717, 1.165) is 6.54 Å². The molecule has 20 heavy (non-hydrogen) atoms. The van der Waals surface area contributed by atoms with Crippen molar-refractivity contribution in [2.75, 3.05) is 18.8 Å². The molecule has 0 radical (unpaired) electrons. The van der Waals surface area contributed by atoms with Crippen molar-refractivity contribution in [3.8, 4) is 0 Å². The van der Waals surface area contributed by atoms with E-state index in [0.29, 0.717) is 13.1 Å². The second-order valence-electron chi connectivity index (χ2n) is 3.96. The molecule has 0 bridgehead atoms. The van der Waals surface area contributed by atoms with Crippen LogP contribution < -0.4 is 16.4 Å². The summed E-state index contributed by atoms with van der Waals surface area (Å²) in [7, 11) is 0. The van der Waals surface area contributed by atoms with Crippen molar-refractivity contribution in [2.24, 2.45) is 0 Å². The van der Waals surface area contributed by atoms with E-state index in [1.807, 2.05) is 0 Å². The van der Waals surface area contributed by atoms with Crippen LogP contribution >= 0.6 is 23.7 Å². The zero-order chi connectivity index (χ0) is 13.7. The fourth-order valence-electron chi connectivity index (χ4n) is 1.49. The van der Waals surface area contributed by atoms with Gasteiger partial charge in [0.1, 0.15) is 0 Å². The highest BCUT2D eigenvalue weighted by atomic mass is 35.5. The Morgan fingerprint density at radius 1 is 1.45 bits per heavy atom. The van der Waals surface area contributed by atoms with Gasteiger partial charge in [-0.15, -0.1) is 23.7 Å². The van der Waals surface area contributed by atoms with E-state index >= 15 is 0 Å². The highest BCUT2D eigenvalue weighted by Gasteiger charge is 2.14. The molecule has 0 saturated carbocycles. The number of carbonyl (C=O) groups is 1. The van der Waals surface area contributed by atoms with Crippen LogP contribution in [0.15, 0.2) is 16.1 Å². The number of nitrogen functional groups attached to an aromatic ring is 1. The Balaban J connectivity index is 0.00000200. The van der Waals surface area contributed by atoms with Gasteiger partial charge in [0.05, 0.1) is 0 Å². The van der Waals surface area contributed by atoms with Gasteiger partial charge in [0.15, 0.2) is 0 Å². The lowest BCUT2D eigenvalue weighted by Crippen LogP contribution is -2.32. The molecule has 0 spiro atoms. The molecule has 2 aromatic heterocycles. The van der Waals surface area contributed by atoms with Gasteiger partial charge in [-0.05, 0) is 34.2 Å². The third-order valence-electron chi connectivity index (χ3n) is 2.57. The first-order valence-electron chi connectivity index (χ1n) is 5.78. The van der Waals surface area contributed by atoms with Gasteiger partial charge in [0.2, 0.25) is 11.5 Å². The second kappa shape index (κ2) is 7.83. The molecule has 2 heterocycles. The van der Waals surface area contributed by atoms with Gasteiger partial charge in [-0.2, -0.15) is 0 Å². The Kier molecular flexibility index (Phi) is 6.43. The Bertz CT molecular complexity index is 557. The van der Waals surface area contributed by atoms with Gasteiger partial charge in [0, 0.05) is 24.5 Å². The zero-order valence-corrected chi connectivity index (χ0v) is 12.5. The van der Waals surface area contributed by atoms with Crippen LogP contribution in [0, 0.1) is 6.92 Å². The maximum atomic E-state index is 11.6. The Hall–Kier alpha value is -1.64. The highest BCUT2D eigenvalue weighted by Crippen LogP contribution is 2.14. The lowest BCUT2D eigenvalue weighted by Gasteiger charge is -2.05. The molecule has 0 saturated heterocycles. The largest absolute Gasteiger partial charge is 0.379 e. The van der Waals surface area contributed by atoms with E-state index in [2.05, 4.69) is 43.9 Å². The van der Waals surface area contributed by atoms with Crippen LogP contribution in [-0.2, 0) is 6.54 Å². The molecule has 0 aliphatic heterocycles. The Morgan fingerprint density at radius 3 is 2.85 bits per heavy atom. The summed E-state index contributed by atoms with van der Waals surface area (Å²) in [5.41, 5.74) is 6.71. The average Bonchev–Trinajstić information content (AvgIpc) is 2.98. The summed E-state index contributed by atoms with van der Waals surface area (Å²) < 4.78 is 4.36. The number of aryl methyl sites for hydroxylation is 1. The van der Waals surface area contributed by atoms with E-state index in [9.17, 15) is 4.79 Å². The molecule has 0 unspecified atom stereocenters. The smallest absolute Gasteiger partial charge is 0.277 e. The minimum absolute atomic E-state index is 0. The monoisotopic (exact) mass is 317 g/mol. The predicted molar refractivity (Wildman–Crippen MR) is 79.1 cm³/mol. The van der Waals surface area contributed by atoms with E-state index in [1.165, 1.54) is 10.4 Å². The average molecular weight is 318 g/mol. The molecule has 1 amide bonds. The highest BCUT2D eigenvalue weighted by molar-refractivity contribution is 7.10. The number of halogens is 1. The number of rotatable bonds is 6. The van der Waals surface area contributed by atoms with Gasteiger partial charge < -0.3 is 16.4 Å². The standard InChI is InChI=1S/C11H15N5O2S.ClH/c1-7-2-5-19-8(7)6-13-3-4-14-11(17)9-10(12)16-18-15-9;/h2,5,13H,3-4,6H2,1H3,(H2,12,16)(H,14,17);1H. The zero-order valence-electron chi connectivity index (χ0n) is 10.9. The summed E-state index contributed by atoms with van der Waals surface area (Å²) in [4.78, 5) is 12.9. The van der Waals surface area contributed by atoms with Crippen LogP contribution in [0.3, 0.4) is 0 Å². The fourth-order valence-corrected chi connectivity index (χ4v) is 2.36. The lowest BCUT2D eigenvalue weighted by atomic mass is 10.3. The summed E-state index contributed by atoms with van der Waals surface area (Å²) in [5.74, 6) is -0.382. The fraction of sp³-hybridized carbons (Fsp3) is 0.364. The first-order valence-corrected chi connectivity index (χ1v) is 6.66. The summed E-state index contributed by atoms with van der Waals surface area (Å²) in [6, 6.07) is 2.09. The molecule has 0 aliphatic carbocycles. The van der Waals surface area contributed by atoms with Crippen LogP contribution in [0.2, 0.25) is 0 Å². The lowest BCUT2D eigenvalue weighted by molar-refractivity contribution is 0.0944. The van der Waals surface area contributed by atoms with Crippen molar-refractivity contribution in [3.63, 3.8) is 0 Å². The molecule has 0 aliphatic rings. The molecular formula is C11H16ClN5O2S. The number of nitrogens with one attached hydrogen (secondary N) is 2. The van der Waals surface area contributed by atoms with Crippen LogP contribution in [0.1, 0.15) is 20.9 Å². The maximum Gasteiger partial charge on any atom is 0.277 e. The van der Waals surface area contributed by atoms with Crippen molar-refractivity contribution in [2.45, 2.75) is 13.5 Å². The van der Waals surface area contributed by atoms with Crippen LogP contribution in [0.25, 0.3) is 0 Å². The first-order chi connectivity index (χ1) is 9.18. The van der Waals surface area contributed by atoms with Crippen molar-refractivity contribution in [1.29, 1.82) is 0 Å². The molecular weight excluding hydrogens is 302 g/mol. The minimum atomic E-state index is -0.382. The van der Waals surface area contributed by atoms with Gasteiger partial charge in [0.25, 0.3) is 5.91 Å². The van der Waals surface area contributed by atoms with E-state index in [1.54, 1.807) is 11.3 Å². The van der Waals surface area contributed by atoms with E-state index < -0.39 is 0 Å². The van der Waals surface area contributed by atoms with Gasteiger partial charge in [-0.1, -0.05) is 0 Å². The second-order valence-corrected chi connectivity index (χ2v) is 4.96. The minimum Gasteiger partial charge on any atom is -0.379 e. The van der Waals surface area contributed by atoms with Gasteiger partial charge in [-0.3, -0.25) is 4.79 Å². The van der Waals surface area contributed by atoms with Gasteiger partial charge >= 0.3 is 0 Å². The summed E-state index contributed by atoms with van der Waals surface area (Å²) >= 11 is 1.72. The number of hydrogen-bond acceptors (Lipinski definition) is 7. The maximum absolute atomic E-state index is 11.6. The number of thiophene rings is 1. The molecule has 2 aromatic rings. The van der Waals surface area contributed by atoms with Crippen molar-refractivity contribution in [3.05, 3.63) is 27.6 Å². The van der Waals surface area contributed by atoms with Crippen molar-refractivity contribution in [1.82, 2.24) is 20.9 Å². The molecule has 2 rings (SSSR count). The van der Waals surface area contributed by atoms with Crippen molar-refractivity contribution < 1.29 is 9.42 Å². The van der Waals surface area contributed by atoms with Gasteiger partial charge in [-0.25, -0.2) is 4.63 Å². The molecule has 9 heteroatoms. The normalized spacial score (nSPS) is 10.1. The SMILES string of the molecule is Cc1ccsc1CNCCNC(=O)c1nonc1N.Cl. The number of anilines is 1. The number of carbonyl (C=O) groups excluding carboxylic acids is 1. The number of hydrogen-bond donors (Lipinski definition) is 3. The summed E-state index contributed by atoms with van der Waals surface area (Å²) in [6.07, 6.45) is 0. The van der Waals surface area contributed by atoms with Crippen LogP contribution in [-0.4, -0.2) is 29.3 Å². The van der Waals surface area contributed by atoms with E-state index in [-0.39, 0.29) is 29.8 Å². The first kappa shape index (κ1) is 16.4.